The van der Waals surface area contributed by atoms with Crippen LogP contribution in [-0.4, -0.2) is 67.7 Å². The maximum atomic E-state index is 13.8. The molecule has 0 bridgehead atoms. The van der Waals surface area contributed by atoms with Gasteiger partial charge in [0.1, 0.15) is 0 Å². The number of carbonyl (C=O) groups is 2. The van der Waals surface area contributed by atoms with Crippen LogP contribution < -0.4 is 10.4 Å². The molecule has 0 aromatic heterocycles. The van der Waals surface area contributed by atoms with Crippen molar-refractivity contribution in [2.45, 2.75) is 74.4 Å². The molecule has 222 valence electrons. The monoisotopic (exact) mass is 581 g/mol. The summed E-state index contributed by atoms with van der Waals surface area (Å²) in [5, 5.41) is 9.45. The molecule has 2 saturated heterocycles. The molecule has 3 fully saturated rings. The molecule has 2 aromatic carbocycles. The van der Waals surface area contributed by atoms with Crippen LogP contribution in [-0.2, 0) is 21.1 Å². The molecule has 0 spiro atoms. The van der Waals surface area contributed by atoms with Crippen LogP contribution in [0.25, 0.3) is 0 Å². The number of unbranched alkanes of at least 4 members (excludes halogenated alkanes) is 1. The first-order valence-corrected chi connectivity index (χ1v) is 16.7. The highest BCUT2D eigenvalue weighted by Crippen LogP contribution is 2.37. The summed E-state index contributed by atoms with van der Waals surface area (Å²) in [6.45, 7) is 5.39. The van der Waals surface area contributed by atoms with Gasteiger partial charge < -0.3 is 9.80 Å². The molecule has 0 atom stereocenters. The van der Waals surface area contributed by atoms with Gasteiger partial charge in [-0.05, 0) is 93.7 Å². The smallest absolute Gasteiger partial charge is 0.265 e. The van der Waals surface area contributed by atoms with E-state index in [1.54, 1.807) is 29.7 Å². The van der Waals surface area contributed by atoms with Gasteiger partial charge in [0.2, 0.25) is 0 Å². The van der Waals surface area contributed by atoms with Crippen LogP contribution in [0.5, 0.6) is 0 Å². The summed E-state index contributed by atoms with van der Waals surface area (Å²) < 4.78 is 25.9. The van der Waals surface area contributed by atoms with Gasteiger partial charge >= 0.3 is 0 Å². The summed E-state index contributed by atoms with van der Waals surface area (Å²) in [6.07, 6.45) is 7.58. The number of Topliss-reactive ketones (excluding diaryl/α,β-unsaturated/α-hetero) is 1. The number of ketones is 1. The minimum absolute atomic E-state index is 0.0137. The summed E-state index contributed by atoms with van der Waals surface area (Å²) in [4.78, 5) is 30.4. The van der Waals surface area contributed by atoms with Crippen molar-refractivity contribution in [1.29, 1.82) is 0 Å². The van der Waals surface area contributed by atoms with Gasteiger partial charge in [0.05, 0.1) is 4.90 Å². The fraction of sp³-hybridized carbons (Fsp3) is 0.562. The average molecular weight is 582 g/mol. The van der Waals surface area contributed by atoms with Crippen LogP contribution in [0.4, 0.5) is 5.69 Å². The Balaban J connectivity index is 1.21. The van der Waals surface area contributed by atoms with Crippen molar-refractivity contribution in [3.8, 4) is 0 Å². The number of hydroxylamine groups is 1. The van der Waals surface area contributed by atoms with Crippen LogP contribution in [0.15, 0.2) is 53.4 Å². The van der Waals surface area contributed by atoms with E-state index in [1.807, 2.05) is 12.1 Å². The van der Waals surface area contributed by atoms with Crippen LogP contribution in [0.1, 0.15) is 74.2 Å². The zero-order valence-corrected chi connectivity index (χ0v) is 24.9. The van der Waals surface area contributed by atoms with E-state index < -0.39 is 20.5 Å². The van der Waals surface area contributed by atoms with E-state index in [-0.39, 0.29) is 29.4 Å². The third-order valence-corrected chi connectivity index (χ3v) is 11.9. The molecule has 41 heavy (non-hydrogen) atoms. The van der Waals surface area contributed by atoms with Gasteiger partial charge in [-0.2, -0.15) is 0 Å². The Morgan fingerprint density at radius 1 is 0.927 bits per heavy atom. The van der Waals surface area contributed by atoms with Gasteiger partial charge in [0, 0.05) is 43.3 Å². The van der Waals surface area contributed by atoms with Crippen LogP contribution in [0.2, 0.25) is 0 Å². The predicted molar refractivity (Wildman–Crippen MR) is 159 cm³/mol. The first kappa shape index (κ1) is 29.7. The molecule has 5 rings (SSSR count). The van der Waals surface area contributed by atoms with E-state index >= 15 is 0 Å². The van der Waals surface area contributed by atoms with Crippen molar-refractivity contribution in [2.75, 3.05) is 37.6 Å². The van der Waals surface area contributed by atoms with Crippen molar-refractivity contribution in [1.82, 2.24) is 10.4 Å². The molecular weight excluding hydrogens is 538 g/mol. The van der Waals surface area contributed by atoms with Crippen molar-refractivity contribution in [3.05, 3.63) is 59.7 Å². The molecule has 0 radical (unpaired) electrons. The van der Waals surface area contributed by atoms with Gasteiger partial charge in [0.15, 0.2) is 20.4 Å². The molecule has 3 aliphatic rings. The van der Waals surface area contributed by atoms with Crippen molar-refractivity contribution >= 4 is 27.2 Å². The zero-order valence-electron chi connectivity index (χ0n) is 24.1. The molecular formula is C32H43N3O5S. The standard InChI is InChI=1S/C32H43N3O5S/c1-2-3-18-34-21-16-32(17-22-34,31(37)33-38)41(39,40)29-12-10-28(11-13-29)35-19-14-27(15-20-35)30(36)26-8-6-25(7-9-26)23-24-4-5-24/h6-13,24,27,38H,2-5,14-23H2,1H3,(H,33,37). The third kappa shape index (κ3) is 6.37. The molecule has 9 heteroatoms. The van der Waals surface area contributed by atoms with Gasteiger partial charge in [-0.1, -0.05) is 37.6 Å². The van der Waals surface area contributed by atoms with Crippen molar-refractivity contribution in [3.63, 3.8) is 0 Å². The third-order valence-electron chi connectivity index (χ3n) is 9.36. The molecule has 2 N–H and O–H groups in total. The molecule has 2 heterocycles. The number of carbonyl (C=O) groups excluding carboxylic acids is 2. The Kier molecular flexibility index (Phi) is 9.16. The topological polar surface area (TPSA) is 107 Å². The number of benzene rings is 2. The summed E-state index contributed by atoms with van der Waals surface area (Å²) in [5.41, 5.74) is 4.63. The summed E-state index contributed by atoms with van der Waals surface area (Å²) in [5.74, 6) is 0.156. The molecule has 1 amide bonds. The highest BCUT2D eigenvalue weighted by atomic mass is 32.2. The lowest BCUT2D eigenvalue weighted by molar-refractivity contribution is -0.133. The highest BCUT2D eigenvalue weighted by molar-refractivity contribution is 7.93. The van der Waals surface area contributed by atoms with Crippen molar-refractivity contribution < 1.29 is 23.2 Å². The summed E-state index contributed by atoms with van der Waals surface area (Å²) in [7, 11) is -4.05. The van der Waals surface area contributed by atoms with Gasteiger partial charge in [0.25, 0.3) is 5.91 Å². The number of hydrogen-bond donors (Lipinski definition) is 2. The summed E-state index contributed by atoms with van der Waals surface area (Å²) >= 11 is 0. The lowest BCUT2D eigenvalue weighted by Gasteiger charge is -2.39. The van der Waals surface area contributed by atoms with E-state index in [9.17, 15) is 23.2 Å². The molecule has 2 aromatic rings. The predicted octanol–water partition coefficient (Wildman–Crippen LogP) is 4.65. The second-order valence-corrected chi connectivity index (χ2v) is 14.4. The molecule has 1 saturated carbocycles. The fourth-order valence-corrected chi connectivity index (χ4v) is 8.35. The Labute approximate surface area is 244 Å². The number of nitrogens with one attached hydrogen (secondary N) is 1. The number of hydrogen-bond acceptors (Lipinski definition) is 7. The Hall–Kier alpha value is -2.75. The Bertz CT molecular complexity index is 1310. The number of sulfone groups is 1. The molecule has 1 aliphatic carbocycles. The number of anilines is 1. The number of piperidine rings is 2. The lowest BCUT2D eigenvalue weighted by atomic mass is 9.88. The number of nitrogens with zero attached hydrogens (tertiary/aromatic N) is 2. The van der Waals surface area contributed by atoms with E-state index in [4.69, 9.17) is 0 Å². The molecule has 8 nitrogen and oxygen atoms in total. The van der Waals surface area contributed by atoms with Crippen LogP contribution in [0.3, 0.4) is 0 Å². The van der Waals surface area contributed by atoms with E-state index in [1.165, 1.54) is 18.4 Å². The summed E-state index contributed by atoms with van der Waals surface area (Å²) in [6, 6.07) is 14.9. The number of rotatable bonds is 11. The number of likely N-dealkylation sites (tertiary alicyclic amines) is 1. The Morgan fingerprint density at radius 3 is 2.12 bits per heavy atom. The highest BCUT2D eigenvalue weighted by Gasteiger charge is 2.52. The maximum Gasteiger partial charge on any atom is 0.265 e. The first-order chi connectivity index (χ1) is 19.8. The van der Waals surface area contributed by atoms with Gasteiger partial charge in [-0.3, -0.25) is 14.8 Å². The largest absolute Gasteiger partial charge is 0.371 e. The quantitative estimate of drug-likeness (QED) is 0.226. The minimum atomic E-state index is -4.05. The Morgan fingerprint density at radius 2 is 1.56 bits per heavy atom. The number of amides is 1. The van der Waals surface area contributed by atoms with E-state index in [0.29, 0.717) is 26.2 Å². The maximum absolute atomic E-state index is 13.8. The molecule has 0 unspecified atom stereocenters. The normalized spacial score (nSPS) is 20.1. The second-order valence-electron chi connectivity index (χ2n) is 12.1. The van der Waals surface area contributed by atoms with E-state index in [2.05, 4.69) is 28.9 Å². The van der Waals surface area contributed by atoms with Crippen LogP contribution >= 0.6 is 0 Å². The SMILES string of the molecule is CCCCN1CCC(C(=O)NO)(S(=O)(=O)c2ccc(N3CCC(C(=O)c4ccc(CC5CC5)cc4)CC3)cc2)CC1. The fourth-order valence-electron chi connectivity index (χ4n) is 6.40. The van der Waals surface area contributed by atoms with Gasteiger partial charge in [-0.15, -0.1) is 0 Å². The van der Waals surface area contributed by atoms with Crippen LogP contribution in [0, 0.1) is 11.8 Å². The van der Waals surface area contributed by atoms with Crippen molar-refractivity contribution in [2.24, 2.45) is 11.8 Å². The molecule has 2 aliphatic heterocycles. The minimum Gasteiger partial charge on any atom is -0.371 e. The first-order valence-electron chi connectivity index (χ1n) is 15.2. The zero-order chi connectivity index (χ0) is 29.0. The average Bonchev–Trinajstić information content (AvgIpc) is 3.84. The van der Waals surface area contributed by atoms with E-state index in [0.717, 1.165) is 55.8 Å². The lowest BCUT2D eigenvalue weighted by Crippen LogP contribution is -2.57. The van der Waals surface area contributed by atoms with Gasteiger partial charge in [-0.25, -0.2) is 13.9 Å². The second kappa shape index (κ2) is 12.6.